The number of aromatic hydroxyl groups is 1. The lowest BCUT2D eigenvalue weighted by Crippen LogP contribution is -2.43. The lowest BCUT2D eigenvalue weighted by molar-refractivity contribution is 0.0974. The molecule has 5 rings (SSSR count). The minimum absolute atomic E-state index is 0.120. The Labute approximate surface area is 175 Å². The monoisotopic (exact) mass is 452 g/mol. The van der Waals surface area contributed by atoms with E-state index in [1.165, 1.54) is 0 Å². The predicted molar refractivity (Wildman–Crippen MR) is 113 cm³/mol. The van der Waals surface area contributed by atoms with Crippen LogP contribution in [0.4, 0.5) is 11.4 Å². The molecule has 0 aliphatic carbocycles. The van der Waals surface area contributed by atoms with E-state index < -0.39 is 6.17 Å². The molecule has 7 heteroatoms. The second-order valence-corrected chi connectivity index (χ2v) is 7.66. The highest BCUT2D eigenvalue weighted by atomic mass is 79.9. The zero-order valence-corrected chi connectivity index (χ0v) is 16.8. The van der Waals surface area contributed by atoms with Gasteiger partial charge in [0.1, 0.15) is 25.1 Å². The van der Waals surface area contributed by atoms with Gasteiger partial charge in [-0.05, 0) is 57.9 Å². The molecule has 0 aromatic heterocycles. The first-order valence-corrected chi connectivity index (χ1v) is 9.98. The average molecular weight is 453 g/mol. The Morgan fingerprint density at radius 2 is 1.79 bits per heavy atom. The molecule has 2 aliphatic heterocycles. The molecule has 2 N–H and O–H groups in total. The maximum atomic E-state index is 13.5. The van der Waals surface area contributed by atoms with Crippen LogP contribution in [0.25, 0.3) is 0 Å². The summed E-state index contributed by atoms with van der Waals surface area (Å²) in [5.74, 6) is 1.31. The molecule has 29 heavy (non-hydrogen) atoms. The van der Waals surface area contributed by atoms with Gasteiger partial charge in [-0.15, -0.1) is 0 Å². The Kier molecular flexibility index (Phi) is 4.32. The van der Waals surface area contributed by atoms with Gasteiger partial charge in [0.05, 0.1) is 15.7 Å². The molecule has 146 valence electrons. The second-order valence-electron chi connectivity index (χ2n) is 6.81. The highest BCUT2D eigenvalue weighted by molar-refractivity contribution is 9.10. The van der Waals surface area contributed by atoms with Gasteiger partial charge in [-0.25, -0.2) is 0 Å². The van der Waals surface area contributed by atoms with Crippen molar-refractivity contribution in [3.63, 3.8) is 0 Å². The molecule has 2 aliphatic rings. The van der Waals surface area contributed by atoms with Crippen molar-refractivity contribution in [1.29, 1.82) is 0 Å². The van der Waals surface area contributed by atoms with E-state index in [1.807, 2.05) is 36.4 Å². The van der Waals surface area contributed by atoms with Gasteiger partial charge in [0, 0.05) is 11.8 Å². The molecule has 0 saturated heterocycles. The van der Waals surface area contributed by atoms with Crippen LogP contribution in [0.3, 0.4) is 0 Å². The number of ether oxygens (including phenoxy) is 2. The molecule has 0 saturated carbocycles. The number of hydrogen-bond acceptors (Lipinski definition) is 5. The van der Waals surface area contributed by atoms with Crippen LogP contribution in [-0.4, -0.2) is 24.2 Å². The molecule has 0 spiro atoms. The molecular weight excluding hydrogens is 436 g/mol. The summed E-state index contributed by atoms with van der Waals surface area (Å²) in [4.78, 5) is 15.2. The van der Waals surface area contributed by atoms with Crippen molar-refractivity contribution in [3.05, 3.63) is 76.3 Å². The molecular formula is C22H17BrN2O4. The van der Waals surface area contributed by atoms with E-state index in [2.05, 4.69) is 21.2 Å². The highest BCUT2D eigenvalue weighted by Gasteiger charge is 2.35. The summed E-state index contributed by atoms with van der Waals surface area (Å²) in [5.41, 5.74) is 2.87. The zero-order valence-electron chi connectivity index (χ0n) is 15.3. The van der Waals surface area contributed by atoms with Crippen molar-refractivity contribution in [2.24, 2.45) is 0 Å². The summed E-state index contributed by atoms with van der Waals surface area (Å²) in [6, 6.07) is 18.1. The smallest absolute Gasteiger partial charge is 0.262 e. The normalized spacial score (nSPS) is 17.5. The Hall–Kier alpha value is -3.19. The number of nitrogens with one attached hydrogen (secondary N) is 1. The van der Waals surface area contributed by atoms with Crippen LogP contribution >= 0.6 is 15.9 Å². The summed E-state index contributed by atoms with van der Waals surface area (Å²) < 4.78 is 11.9. The van der Waals surface area contributed by atoms with Gasteiger partial charge >= 0.3 is 0 Å². The number of para-hydroxylation sites is 1. The number of phenols is 1. The van der Waals surface area contributed by atoms with Gasteiger partial charge in [-0.1, -0.05) is 18.2 Å². The summed E-state index contributed by atoms with van der Waals surface area (Å²) in [6.45, 7) is 0.980. The van der Waals surface area contributed by atoms with Gasteiger partial charge in [0.15, 0.2) is 11.5 Å². The standard InChI is InChI=1S/C22H17BrN2O4/c23-16-11-13(5-7-18(16)26)21-24-17-4-2-1-3-15(17)22(27)25(21)14-6-8-19-20(12-14)29-10-9-28-19/h1-8,11-12,21,24,26H,9-10H2. The third-order valence-electron chi connectivity index (χ3n) is 5.02. The van der Waals surface area contributed by atoms with Crippen molar-refractivity contribution in [1.82, 2.24) is 0 Å². The van der Waals surface area contributed by atoms with Gasteiger partial charge in [-0.3, -0.25) is 9.69 Å². The van der Waals surface area contributed by atoms with Crippen LogP contribution in [-0.2, 0) is 0 Å². The van der Waals surface area contributed by atoms with Crippen molar-refractivity contribution in [2.45, 2.75) is 6.17 Å². The third-order valence-corrected chi connectivity index (χ3v) is 5.65. The number of nitrogens with zero attached hydrogens (tertiary/aromatic N) is 1. The number of rotatable bonds is 2. The number of hydrogen-bond donors (Lipinski definition) is 2. The molecule has 3 aromatic rings. The number of carbonyl (C=O) groups is 1. The van der Waals surface area contributed by atoms with Gasteiger partial charge < -0.3 is 19.9 Å². The third kappa shape index (κ3) is 3.07. The SMILES string of the molecule is O=C1c2ccccc2NC(c2ccc(O)c(Br)c2)N1c1ccc2c(c1)OCCO2. The molecule has 0 radical (unpaired) electrons. The van der Waals surface area contributed by atoms with E-state index in [9.17, 15) is 9.90 Å². The first-order chi connectivity index (χ1) is 14.1. The molecule has 2 heterocycles. The van der Waals surface area contributed by atoms with Crippen LogP contribution in [0.1, 0.15) is 22.1 Å². The summed E-state index contributed by atoms with van der Waals surface area (Å²) >= 11 is 3.37. The van der Waals surface area contributed by atoms with E-state index in [0.717, 1.165) is 11.3 Å². The predicted octanol–water partition coefficient (Wildman–Crippen LogP) is 4.70. The van der Waals surface area contributed by atoms with E-state index >= 15 is 0 Å². The van der Waals surface area contributed by atoms with Gasteiger partial charge in [-0.2, -0.15) is 0 Å². The van der Waals surface area contributed by atoms with E-state index in [1.54, 1.807) is 29.2 Å². The molecule has 0 fully saturated rings. The number of fused-ring (bicyclic) bond motifs is 2. The summed E-state index contributed by atoms with van der Waals surface area (Å²) in [6.07, 6.45) is -0.461. The van der Waals surface area contributed by atoms with Gasteiger partial charge in [0.2, 0.25) is 0 Å². The Bertz CT molecular complexity index is 1120. The maximum absolute atomic E-state index is 13.5. The van der Waals surface area contributed by atoms with Crippen molar-refractivity contribution < 1.29 is 19.4 Å². The highest BCUT2D eigenvalue weighted by Crippen LogP contribution is 2.41. The Balaban J connectivity index is 1.64. The zero-order chi connectivity index (χ0) is 20.0. The summed E-state index contributed by atoms with van der Waals surface area (Å²) in [7, 11) is 0. The second kappa shape index (κ2) is 7.00. The molecule has 1 unspecified atom stereocenters. The van der Waals surface area contributed by atoms with E-state index in [-0.39, 0.29) is 11.7 Å². The first kappa shape index (κ1) is 17.9. The Morgan fingerprint density at radius 1 is 1.00 bits per heavy atom. The number of carbonyl (C=O) groups excluding carboxylic acids is 1. The van der Waals surface area contributed by atoms with Crippen LogP contribution in [0, 0.1) is 0 Å². The molecule has 3 aromatic carbocycles. The quantitative estimate of drug-likeness (QED) is 0.589. The fourth-order valence-corrected chi connectivity index (χ4v) is 4.02. The van der Waals surface area contributed by atoms with Crippen LogP contribution < -0.4 is 19.7 Å². The van der Waals surface area contributed by atoms with Crippen molar-refractivity contribution in [3.8, 4) is 17.2 Å². The number of amides is 1. The number of anilines is 2. The Morgan fingerprint density at radius 3 is 2.62 bits per heavy atom. The first-order valence-electron chi connectivity index (χ1n) is 9.19. The molecule has 6 nitrogen and oxygen atoms in total. The number of benzene rings is 3. The molecule has 1 atom stereocenters. The van der Waals surface area contributed by atoms with Crippen LogP contribution in [0.5, 0.6) is 17.2 Å². The summed E-state index contributed by atoms with van der Waals surface area (Å²) in [5, 5.41) is 13.3. The minimum Gasteiger partial charge on any atom is -0.507 e. The topological polar surface area (TPSA) is 71.0 Å². The number of halogens is 1. The fraction of sp³-hybridized carbons (Fsp3) is 0.136. The number of phenolic OH excluding ortho intramolecular Hbond substituents is 1. The molecule has 1 amide bonds. The maximum Gasteiger partial charge on any atom is 0.262 e. The average Bonchev–Trinajstić information content (AvgIpc) is 2.75. The largest absolute Gasteiger partial charge is 0.507 e. The van der Waals surface area contributed by atoms with E-state index in [4.69, 9.17) is 9.47 Å². The minimum atomic E-state index is -0.461. The van der Waals surface area contributed by atoms with Gasteiger partial charge in [0.25, 0.3) is 5.91 Å². The van der Waals surface area contributed by atoms with Crippen molar-refractivity contribution in [2.75, 3.05) is 23.4 Å². The molecule has 0 bridgehead atoms. The van der Waals surface area contributed by atoms with E-state index in [0.29, 0.717) is 40.4 Å². The van der Waals surface area contributed by atoms with Crippen molar-refractivity contribution >= 4 is 33.2 Å². The lowest BCUT2D eigenvalue weighted by Gasteiger charge is -2.38. The lowest BCUT2D eigenvalue weighted by atomic mass is 10.0. The van der Waals surface area contributed by atoms with Crippen LogP contribution in [0.15, 0.2) is 65.1 Å². The van der Waals surface area contributed by atoms with Crippen LogP contribution in [0.2, 0.25) is 0 Å². The fourth-order valence-electron chi connectivity index (χ4n) is 3.63.